The van der Waals surface area contributed by atoms with Crippen LogP contribution in [0.2, 0.25) is 0 Å². The van der Waals surface area contributed by atoms with Gasteiger partial charge in [-0.1, -0.05) is 6.92 Å². The molecule has 3 nitrogen and oxygen atoms in total. The average Bonchev–Trinajstić information content (AvgIpc) is 3.00. The molecule has 2 rings (SSSR count). The van der Waals surface area contributed by atoms with Crippen molar-refractivity contribution in [2.45, 2.75) is 76.5 Å². The maximum absolute atomic E-state index is 9.72. The normalized spacial score (nSPS) is 33.9. The average molecular weight is 240 g/mol. The molecule has 0 spiro atoms. The van der Waals surface area contributed by atoms with Crippen LogP contribution >= 0.6 is 0 Å². The van der Waals surface area contributed by atoms with Gasteiger partial charge in [0.2, 0.25) is 0 Å². The van der Waals surface area contributed by atoms with E-state index in [1.807, 2.05) is 0 Å². The molecular weight excluding hydrogens is 212 g/mol. The van der Waals surface area contributed by atoms with Crippen LogP contribution in [0.3, 0.4) is 0 Å². The van der Waals surface area contributed by atoms with Gasteiger partial charge in [0.1, 0.15) is 0 Å². The summed E-state index contributed by atoms with van der Waals surface area (Å²) in [6, 6.07) is 1.95. The molecule has 0 bridgehead atoms. The van der Waals surface area contributed by atoms with Crippen LogP contribution in [-0.4, -0.2) is 46.8 Å². The van der Waals surface area contributed by atoms with E-state index in [1.165, 1.54) is 19.3 Å². The molecule has 0 aromatic heterocycles. The van der Waals surface area contributed by atoms with Crippen molar-refractivity contribution in [1.29, 1.82) is 0 Å². The highest BCUT2D eigenvalue weighted by Gasteiger charge is 2.43. The van der Waals surface area contributed by atoms with Gasteiger partial charge in [0.15, 0.2) is 0 Å². The largest absolute Gasteiger partial charge is 0.394 e. The Kier molecular flexibility index (Phi) is 4.11. The van der Waals surface area contributed by atoms with E-state index < -0.39 is 0 Å². The standard InChI is InChI=1S/C14H28N2O/c1-4-16(11(2)3)13-7-8-14(9-13,10-17)15-12-5-6-12/h11-13,15,17H,4-10H2,1-3H3. The highest BCUT2D eigenvalue weighted by atomic mass is 16.3. The van der Waals surface area contributed by atoms with Crippen molar-refractivity contribution in [1.82, 2.24) is 10.2 Å². The Hall–Kier alpha value is -0.120. The van der Waals surface area contributed by atoms with E-state index in [9.17, 15) is 5.11 Å². The first kappa shape index (κ1) is 13.3. The number of aliphatic hydroxyl groups excluding tert-OH is 1. The minimum atomic E-state index is 0.0220. The Morgan fingerprint density at radius 1 is 1.35 bits per heavy atom. The van der Waals surface area contributed by atoms with Crippen LogP contribution in [0.25, 0.3) is 0 Å². The van der Waals surface area contributed by atoms with Crippen LogP contribution in [-0.2, 0) is 0 Å². The first-order chi connectivity index (χ1) is 8.10. The summed E-state index contributed by atoms with van der Waals surface area (Å²) in [4.78, 5) is 2.58. The molecule has 2 saturated carbocycles. The minimum absolute atomic E-state index is 0.0220. The maximum atomic E-state index is 9.72. The summed E-state index contributed by atoms with van der Waals surface area (Å²) in [6.45, 7) is 8.21. The topological polar surface area (TPSA) is 35.5 Å². The number of rotatable bonds is 6. The molecule has 0 radical (unpaired) electrons. The van der Waals surface area contributed by atoms with E-state index in [-0.39, 0.29) is 5.54 Å². The maximum Gasteiger partial charge on any atom is 0.0614 e. The Balaban J connectivity index is 1.95. The number of aliphatic hydroxyl groups is 1. The summed E-state index contributed by atoms with van der Waals surface area (Å²) in [5, 5.41) is 13.4. The zero-order chi connectivity index (χ0) is 12.5. The van der Waals surface area contributed by atoms with Crippen molar-refractivity contribution in [3.63, 3.8) is 0 Å². The number of nitrogens with one attached hydrogen (secondary N) is 1. The van der Waals surface area contributed by atoms with Crippen LogP contribution in [0.5, 0.6) is 0 Å². The fraction of sp³-hybridized carbons (Fsp3) is 1.00. The lowest BCUT2D eigenvalue weighted by molar-refractivity contribution is 0.128. The van der Waals surface area contributed by atoms with E-state index in [2.05, 4.69) is 31.0 Å². The second-order valence-electron chi connectivity index (χ2n) is 6.18. The monoisotopic (exact) mass is 240 g/mol. The van der Waals surface area contributed by atoms with Gasteiger partial charge >= 0.3 is 0 Å². The molecular formula is C14H28N2O. The molecule has 100 valence electrons. The molecule has 0 aromatic rings. The predicted octanol–water partition coefficient (Wildman–Crippen LogP) is 1.75. The summed E-state index contributed by atoms with van der Waals surface area (Å²) in [5.41, 5.74) is 0.0220. The SMILES string of the molecule is CCN(C(C)C)C1CCC(CO)(NC2CC2)C1. The second kappa shape index (κ2) is 5.25. The van der Waals surface area contributed by atoms with Gasteiger partial charge in [0.05, 0.1) is 6.61 Å². The summed E-state index contributed by atoms with van der Waals surface area (Å²) in [5.74, 6) is 0. The smallest absolute Gasteiger partial charge is 0.0614 e. The molecule has 2 atom stereocenters. The van der Waals surface area contributed by atoms with Crippen LogP contribution in [0.15, 0.2) is 0 Å². The van der Waals surface area contributed by atoms with Gasteiger partial charge in [-0.2, -0.15) is 0 Å². The first-order valence-electron chi connectivity index (χ1n) is 7.24. The van der Waals surface area contributed by atoms with Crippen molar-refractivity contribution in [2.75, 3.05) is 13.2 Å². The van der Waals surface area contributed by atoms with Crippen LogP contribution in [0.1, 0.15) is 52.9 Å². The molecule has 17 heavy (non-hydrogen) atoms. The lowest BCUT2D eigenvalue weighted by Crippen LogP contribution is -2.49. The van der Waals surface area contributed by atoms with Gasteiger partial charge in [-0.25, -0.2) is 0 Å². The highest BCUT2D eigenvalue weighted by molar-refractivity contribution is 5.03. The second-order valence-corrected chi connectivity index (χ2v) is 6.18. The highest BCUT2D eigenvalue weighted by Crippen LogP contribution is 2.36. The Labute approximate surface area is 106 Å². The molecule has 3 heteroatoms. The third-order valence-electron chi connectivity index (χ3n) is 4.47. The van der Waals surface area contributed by atoms with Crippen molar-refractivity contribution in [3.8, 4) is 0 Å². The van der Waals surface area contributed by atoms with Crippen LogP contribution in [0.4, 0.5) is 0 Å². The van der Waals surface area contributed by atoms with Crippen molar-refractivity contribution >= 4 is 0 Å². The summed E-state index contributed by atoms with van der Waals surface area (Å²) < 4.78 is 0. The van der Waals surface area contributed by atoms with E-state index >= 15 is 0 Å². The van der Waals surface area contributed by atoms with Gasteiger partial charge < -0.3 is 10.4 Å². The predicted molar refractivity (Wildman–Crippen MR) is 71.1 cm³/mol. The lowest BCUT2D eigenvalue weighted by atomic mass is 9.98. The summed E-state index contributed by atoms with van der Waals surface area (Å²) in [7, 11) is 0. The summed E-state index contributed by atoms with van der Waals surface area (Å²) >= 11 is 0. The van der Waals surface area contributed by atoms with Gasteiger partial charge in [-0.15, -0.1) is 0 Å². The molecule has 2 aliphatic rings. The molecule has 2 aliphatic carbocycles. The third kappa shape index (κ3) is 3.01. The lowest BCUT2D eigenvalue weighted by Gasteiger charge is -2.34. The van der Waals surface area contributed by atoms with E-state index in [1.54, 1.807) is 0 Å². The third-order valence-corrected chi connectivity index (χ3v) is 4.47. The minimum Gasteiger partial charge on any atom is -0.394 e. The van der Waals surface area contributed by atoms with Crippen molar-refractivity contribution in [3.05, 3.63) is 0 Å². The van der Waals surface area contributed by atoms with Crippen molar-refractivity contribution < 1.29 is 5.11 Å². The van der Waals surface area contributed by atoms with Gasteiger partial charge in [-0.3, -0.25) is 4.90 Å². The van der Waals surface area contributed by atoms with Gasteiger partial charge in [0.25, 0.3) is 0 Å². The zero-order valence-electron chi connectivity index (χ0n) is 11.6. The Bertz CT molecular complexity index is 253. The zero-order valence-corrected chi connectivity index (χ0v) is 11.6. The number of nitrogens with zero attached hydrogens (tertiary/aromatic N) is 1. The molecule has 2 fully saturated rings. The van der Waals surface area contributed by atoms with Gasteiger partial charge in [0, 0.05) is 23.7 Å². The first-order valence-corrected chi connectivity index (χ1v) is 7.24. The Morgan fingerprint density at radius 3 is 2.53 bits per heavy atom. The molecule has 2 unspecified atom stereocenters. The van der Waals surface area contributed by atoms with E-state index in [0.717, 1.165) is 19.4 Å². The number of hydrogen-bond donors (Lipinski definition) is 2. The molecule has 0 amide bonds. The van der Waals surface area contributed by atoms with E-state index in [4.69, 9.17) is 0 Å². The fourth-order valence-corrected chi connectivity index (χ4v) is 3.41. The quantitative estimate of drug-likeness (QED) is 0.742. The Morgan fingerprint density at radius 2 is 2.06 bits per heavy atom. The van der Waals surface area contributed by atoms with E-state index in [0.29, 0.717) is 24.7 Å². The fourth-order valence-electron chi connectivity index (χ4n) is 3.41. The van der Waals surface area contributed by atoms with Gasteiger partial charge in [-0.05, 0) is 52.5 Å². The molecule has 0 saturated heterocycles. The molecule has 2 N–H and O–H groups in total. The molecule has 0 aromatic carbocycles. The van der Waals surface area contributed by atoms with Crippen LogP contribution < -0.4 is 5.32 Å². The number of hydrogen-bond acceptors (Lipinski definition) is 3. The molecule has 0 heterocycles. The molecule has 0 aliphatic heterocycles. The summed E-state index contributed by atoms with van der Waals surface area (Å²) in [6.07, 6.45) is 6.08. The van der Waals surface area contributed by atoms with Crippen molar-refractivity contribution in [2.24, 2.45) is 0 Å². The van der Waals surface area contributed by atoms with Crippen LogP contribution in [0, 0.1) is 0 Å².